The second kappa shape index (κ2) is 8.74. The molecule has 0 radical (unpaired) electrons. The minimum Gasteiger partial charge on any atom is -0.459 e. The monoisotopic (exact) mass is 407 g/mol. The SMILES string of the molecule is CC(C)(C)OC(=O)NS(=O)(=O)NCCC[C@]1(C(=O)OC(C)(C)C)CCCN1. The summed E-state index contributed by atoms with van der Waals surface area (Å²) >= 11 is 0. The molecular weight excluding hydrogens is 374 g/mol. The van der Waals surface area contributed by atoms with Gasteiger partial charge in [0, 0.05) is 6.54 Å². The maximum Gasteiger partial charge on any atom is 0.422 e. The van der Waals surface area contributed by atoms with Gasteiger partial charge in [-0.25, -0.2) is 9.52 Å². The van der Waals surface area contributed by atoms with Gasteiger partial charge in [0.05, 0.1) is 0 Å². The van der Waals surface area contributed by atoms with Crippen molar-refractivity contribution in [2.24, 2.45) is 0 Å². The molecule has 0 aromatic rings. The summed E-state index contributed by atoms with van der Waals surface area (Å²) in [5.74, 6) is -0.317. The fourth-order valence-electron chi connectivity index (χ4n) is 2.71. The molecule has 1 aliphatic heterocycles. The molecule has 1 rings (SSSR count). The van der Waals surface area contributed by atoms with Crippen LogP contribution in [0.25, 0.3) is 0 Å². The fourth-order valence-corrected chi connectivity index (χ4v) is 3.46. The van der Waals surface area contributed by atoms with E-state index in [4.69, 9.17) is 9.47 Å². The van der Waals surface area contributed by atoms with Crippen molar-refractivity contribution in [3.63, 3.8) is 0 Å². The molecule has 9 nitrogen and oxygen atoms in total. The highest BCUT2D eigenvalue weighted by Gasteiger charge is 2.43. The molecule has 1 saturated heterocycles. The van der Waals surface area contributed by atoms with Crippen LogP contribution in [0.15, 0.2) is 0 Å². The Morgan fingerprint density at radius 2 is 1.67 bits per heavy atom. The van der Waals surface area contributed by atoms with Gasteiger partial charge in [0.2, 0.25) is 0 Å². The minimum absolute atomic E-state index is 0.0738. The van der Waals surface area contributed by atoms with Crippen molar-refractivity contribution in [2.75, 3.05) is 13.1 Å². The van der Waals surface area contributed by atoms with Gasteiger partial charge in [-0.2, -0.15) is 13.1 Å². The van der Waals surface area contributed by atoms with Gasteiger partial charge in [-0.15, -0.1) is 0 Å². The minimum atomic E-state index is -4.03. The molecule has 0 aromatic carbocycles. The lowest BCUT2D eigenvalue weighted by atomic mass is 9.91. The number of hydrogen-bond acceptors (Lipinski definition) is 7. The number of carbonyl (C=O) groups excluding carboxylic acids is 2. The van der Waals surface area contributed by atoms with E-state index < -0.39 is 33.0 Å². The lowest BCUT2D eigenvalue weighted by Crippen LogP contribution is -2.51. The van der Waals surface area contributed by atoms with Gasteiger partial charge < -0.3 is 14.8 Å². The molecule has 0 unspecified atom stereocenters. The summed E-state index contributed by atoms with van der Waals surface area (Å²) in [5.41, 5.74) is -2.18. The first kappa shape index (κ1) is 23.6. The first-order valence-electron chi connectivity index (χ1n) is 9.13. The van der Waals surface area contributed by atoms with E-state index in [2.05, 4.69) is 10.0 Å². The van der Waals surface area contributed by atoms with E-state index in [-0.39, 0.29) is 12.5 Å². The number of rotatable bonds is 7. The predicted octanol–water partition coefficient (Wildman–Crippen LogP) is 1.59. The molecular formula is C17H33N3O6S. The van der Waals surface area contributed by atoms with E-state index in [9.17, 15) is 18.0 Å². The Morgan fingerprint density at radius 3 is 2.15 bits per heavy atom. The second-order valence-corrected chi connectivity index (χ2v) is 10.2. The van der Waals surface area contributed by atoms with Gasteiger partial charge in [-0.05, 0) is 73.8 Å². The number of esters is 1. The normalized spacial score (nSPS) is 21.0. The Hall–Kier alpha value is -1.39. The average Bonchev–Trinajstić information content (AvgIpc) is 2.89. The Bertz CT molecular complexity index is 628. The topological polar surface area (TPSA) is 123 Å². The summed E-state index contributed by atoms with van der Waals surface area (Å²) in [6.45, 7) is 11.1. The highest BCUT2D eigenvalue weighted by atomic mass is 32.2. The van der Waals surface area contributed by atoms with Crippen molar-refractivity contribution in [2.45, 2.75) is 84.0 Å². The van der Waals surface area contributed by atoms with Crippen molar-refractivity contribution in [1.29, 1.82) is 0 Å². The molecule has 10 heteroatoms. The van der Waals surface area contributed by atoms with Crippen LogP contribution in [-0.4, -0.2) is 50.3 Å². The third-order valence-corrected chi connectivity index (χ3v) is 4.74. The van der Waals surface area contributed by atoms with E-state index in [1.807, 2.05) is 20.8 Å². The Labute approximate surface area is 162 Å². The fraction of sp³-hybridized carbons (Fsp3) is 0.882. The molecule has 27 heavy (non-hydrogen) atoms. The summed E-state index contributed by atoms with van der Waals surface area (Å²) in [6, 6.07) is 0. The van der Waals surface area contributed by atoms with Crippen LogP contribution >= 0.6 is 0 Å². The lowest BCUT2D eigenvalue weighted by molar-refractivity contribution is -0.163. The number of ether oxygens (including phenoxy) is 2. The highest BCUT2D eigenvalue weighted by Crippen LogP contribution is 2.28. The van der Waals surface area contributed by atoms with Gasteiger partial charge >= 0.3 is 22.3 Å². The Balaban J connectivity index is 2.52. The summed E-state index contributed by atoms with van der Waals surface area (Å²) in [4.78, 5) is 24.1. The number of amides is 1. The van der Waals surface area contributed by atoms with E-state index in [0.29, 0.717) is 25.8 Å². The van der Waals surface area contributed by atoms with Crippen molar-refractivity contribution in [3.8, 4) is 0 Å². The van der Waals surface area contributed by atoms with Crippen LogP contribution in [0.5, 0.6) is 0 Å². The maximum atomic E-state index is 12.6. The molecule has 1 aliphatic rings. The quantitative estimate of drug-likeness (QED) is 0.432. The van der Waals surface area contributed by atoms with E-state index in [0.717, 1.165) is 6.42 Å². The molecule has 3 N–H and O–H groups in total. The molecule has 0 bridgehead atoms. The maximum absolute atomic E-state index is 12.6. The van der Waals surface area contributed by atoms with Crippen LogP contribution in [0.2, 0.25) is 0 Å². The van der Waals surface area contributed by atoms with Crippen LogP contribution in [-0.2, 0) is 24.5 Å². The third-order valence-electron chi connectivity index (χ3n) is 3.72. The van der Waals surface area contributed by atoms with Crippen molar-refractivity contribution < 1.29 is 27.5 Å². The zero-order valence-electron chi connectivity index (χ0n) is 17.1. The van der Waals surface area contributed by atoms with Crippen molar-refractivity contribution >= 4 is 22.3 Å². The lowest BCUT2D eigenvalue weighted by Gasteiger charge is -2.31. The number of carbonyl (C=O) groups is 2. The van der Waals surface area contributed by atoms with Gasteiger partial charge in [0.25, 0.3) is 0 Å². The molecule has 0 aromatic heterocycles. The zero-order valence-corrected chi connectivity index (χ0v) is 17.9. The highest BCUT2D eigenvalue weighted by molar-refractivity contribution is 7.88. The van der Waals surface area contributed by atoms with Gasteiger partial charge in [0.15, 0.2) is 0 Å². The van der Waals surface area contributed by atoms with Gasteiger partial charge in [0.1, 0.15) is 16.7 Å². The van der Waals surface area contributed by atoms with Gasteiger partial charge in [-0.3, -0.25) is 4.79 Å². The second-order valence-electron chi connectivity index (χ2n) is 8.72. The summed E-state index contributed by atoms with van der Waals surface area (Å²) < 4.78 is 38.3. The molecule has 1 atom stereocenters. The smallest absolute Gasteiger partial charge is 0.422 e. The Morgan fingerprint density at radius 1 is 1.07 bits per heavy atom. The van der Waals surface area contributed by atoms with E-state index in [1.165, 1.54) is 0 Å². The van der Waals surface area contributed by atoms with Crippen LogP contribution in [0.1, 0.15) is 67.2 Å². The number of nitrogens with one attached hydrogen (secondary N) is 3. The molecule has 0 saturated carbocycles. The van der Waals surface area contributed by atoms with Crippen molar-refractivity contribution in [1.82, 2.24) is 14.8 Å². The predicted molar refractivity (Wildman–Crippen MR) is 101 cm³/mol. The average molecular weight is 408 g/mol. The molecule has 0 spiro atoms. The summed E-state index contributed by atoms with van der Waals surface area (Å²) in [5, 5.41) is 3.21. The molecule has 158 valence electrons. The molecule has 0 aliphatic carbocycles. The third kappa shape index (κ3) is 8.89. The number of hydrogen-bond donors (Lipinski definition) is 3. The van der Waals surface area contributed by atoms with E-state index >= 15 is 0 Å². The summed E-state index contributed by atoms with van der Waals surface area (Å²) in [7, 11) is -4.03. The largest absolute Gasteiger partial charge is 0.459 e. The molecule has 1 fully saturated rings. The van der Waals surface area contributed by atoms with Gasteiger partial charge in [-0.1, -0.05) is 0 Å². The molecule has 1 amide bonds. The van der Waals surface area contributed by atoms with Crippen LogP contribution in [0, 0.1) is 0 Å². The Kier molecular flexibility index (Phi) is 7.66. The van der Waals surface area contributed by atoms with E-state index in [1.54, 1.807) is 25.5 Å². The van der Waals surface area contributed by atoms with Crippen LogP contribution < -0.4 is 14.8 Å². The first-order chi connectivity index (χ1) is 12.1. The van der Waals surface area contributed by atoms with Crippen LogP contribution in [0.4, 0.5) is 4.79 Å². The molecule has 1 heterocycles. The standard InChI is InChI=1S/C17H33N3O6S/c1-15(2,3)25-13(21)17(9-7-11-18-17)10-8-12-19-27(23,24)20-14(22)26-16(4,5)6/h18-19H,7-12H2,1-6H3,(H,20,22)/t17-/m0/s1. The zero-order chi connectivity index (χ0) is 20.9. The van der Waals surface area contributed by atoms with Crippen molar-refractivity contribution in [3.05, 3.63) is 0 Å². The van der Waals surface area contributed by atoms with Crippen LogP contribution in [0.3, 0.4) is 0 Å². The first-order valence-corrected chi connectivity index (χ1v) is 10.6. The summed E-state index contributed by atoms with van der Waals surface area (Å²) in [6.07, 6.45) is 1.28.